The van der Waals surface area contributed by atoms with E-state index in [0.29, 0.717) is 6.04 Å². The number of piperidine rings is 1. The predicted octanol–water partition coefficient (Wildman–Crippen LogP) is 2.95. The van der Waals surface area contributed by atoms with Gasteiger partial charge >= 0.3 is 6.18 Å². The summed E-state index contributed by atoms with van der Waals surface area (Å²) in [6.07, 6.45) is -1.63. The lowest BCUT2D eigenvalue weighted by Gasteiger charge is -2.35. The molecule has 1 aliphatic rings. The topological polar surface area (TPSA) is 21.1 Å². The van der Waals surface area contributed by atoms with Gasteiger partial charge < -0.3 is 4.90 Å². The van der Waals surface area contributed by atoms with Crippen LogP contribution in [0.15, 0.2) is 12.3 Å². The van der Waals surface area contributed by atoms with Crippen LogP contribution < -0.4 is 0 Å². The van der Waals surface area contributed by atoms with Crippen molar-refractivity contribution in [1.82, 2.24) is 14.7 Å². The number of rotatable bonds is 2. The van der Waals surface area contributed by atoms with Crippen molar-refractivity contribution in [3.8, 4) is 0 Å². The Kier molecular flexibility index (Phi) is 3.66. The summed E-state index contributed by atoms with van der Waals surface area (Å²) in [5, 5.41) is 3.85. The molecule has 0 aliphatic carbocycles. The highest BCUT2D eigenvalue weighted by atomic mass is 19.4. The van der Waals surface area contributed by atoms with Gasteiger partial charge in [-0.2, -0.15) is 18.3 Å². The van der Waals surface area contributed by atoms with Crippen LogP contribution in [0.25, 0.3) is 0 Å². The van der Waals surface area contributed by atoms with Crippen molar-refractivity contribution in [2.24, 2.45) is 0 Å². The van der Waals surface area contributed by atoms with Crippen molar-refractivity contribution in [3.63, 3.8) is 0 Å². The molecule has 0 amide bonds. The lowest BCUT2D eigenvalue weighted by atomic mass is 10.0. The van der Waals surface area contributed by atoms with Crippen LogP contribution in [0.3, 0.4) is 0 Å². The van der Waals surface area contributed by atoms with E-state index in [4.69, 9.17) is 0 Å². The van der Waals surface area contributed by atoms with Gasteiger partial charge in [0.2, 0.25) is 0 Å². The lowest BCUT2D eigenvalue weighted by molar-refractivity contribution is -0.145. The van der Waals surface area contributed by atoms with Crippen LogP contribution in [0.5, 0.6) is 0 Å². The Morgan fingerprint density at radius 3 is 2.39 bits per heavy atom. The third kappa shape index (κ3) is 2.68. The van der Waals surface area contributed by atoms with Crippen molar-refractivity contribution in [1.29, 1.82) is 0 Å². The van der Waals surface area contributed by atoms with Gasteiger partial charge in [-0.1, -0.05) is 0 Å². The monoisotopic (exact) mass is 261 g/mol. The molecule has 0 radical (unpaired) electrons. The fraction of sp³-hybridized carbons (Fsp3) is 0.750. The molecule has 0 atom stereocenters. The van der Waals surface area contributed by atoms with Crippen molar-refractivity contribution < 1.29 is 13.2 Å². The van der Waals surface area contributed by atoms with E-state index >= 15 is 0 Å². The van der Waals surface area contributed by atoms with Gasteiger partial charge in [-0.15, -0.1) is 0 Å². The number of aromatic nitrogens is 2. The van der Waals surface area contributed by atoms with Crippen LogP contribution in [0, 0.1) is 0 Å². The fourth-order valence-electron chi connectivity index (χ4n) is 2.48. The predicted molar refractivity (Wildman–Crippen MR) is 62.2 cm³/mol. The molecule has 6 heteroatoms. The zero-order valence-corrected chi connectivity index (χ0v) is 10.6. The maximum Gasteiger partial charge on any atom is 0.433 e. The van der Waals surface area contributed by atoms with Gasteiger partial charge in [0.15, 0.2) is 0 Å². The Morgan fingerprint density at radius 1 is 1.28 bits per heavy atom. The standard InChI is InChI=1S/C12H18F3N3/c1-9(2)17-7-4-10(5-8-17)18-11(3-6-16-18)12(13,14)15/h3,6,9-10H,4-5,7-8H2,1-2H3. The molecule has 0 unspecified atom stereocenters. The molecular weight excluding hydrogens is 243 g/mol. The smallest absolute Gasteiger partial charge is 0.301 e. The summed E-state index contributed by atoms with van der Waals surface area (Å²) >= 11 is 0. The van der Waals surface area contributed by atoms with E-state index in [1.54, 1.807) is 0 Å². The third-order valence-corrected chi connectivity index (χ3v) is 3.54. The first-order chi connectivity index (χ1) is 8.39. The highest BCUT2D eigenvalue weighted by molar-refractivity contribution is 5.06. The van der Waals surface area contributed by atoms with Crippen LogP contribution in [-0.2, 0) is 6.18 Å². The normalized spacial score (nSPS) is 19.7. The number of hydrogen-bond donors (Lipinski definition) is 0. The van der Waals surface area contributed by atoms with Crippen molar-refractivity contribution in [2.45, 2.75) is 44.9 Å². The highest BCUT2D eigenvalue weighted by Gasteiger charge is 2.37. The van der Waals surface area contributed by atoms with Crippen LogP contribution in [0.4, 0.5) is 13.2 Å². The molecule has 0 aromatic carbocycles. The van der Waals surface area contributed by atoms with E-state index in [1.807, 2.05) is 0 Å². The van der Waals surface area contributed by atoms with Gasteiger partial charge in [-0.05, 0) is 32.8 Å². The van der Waals surface area contributed by atoms with Crippen molar-refractivity contribution >= 4 is 0 Å². The Morgan fingerprint density at radius 2 is 1.89 bits per heavy atom. The first-order valence-corrected chi connectivity index (χ1v) is 6.24. The molecule has 3 nitrogen and oxygen atoms in total. The summed E-state index contributed by atoms with van der Waals surface area (Å²) in [6.45, 7) is 5.88. The van der Waals surface area contributed by atoms with Crippen molar-refractivity contribution in [2.75, 3.05) is 13.1 Å². The van der Waals surface area contributed by atoms with Gasteiger partial charge in [0, 0.05) is 25.3 Å². The zero-order chi connectivity index (χ0) is 13.3. The van der Waals surface area contributed by atoms with Gasteiger partial charge in [0.25, 0.3) is 0 Å². The average molecular weight is 261 g/mol. The Bertz CT molecular complexity index is 390. The van der Waals surface area contributed by atoms with E-state index in [-0.39, 0.29) is 6.04 Å². The second-order valence-electron chi connectivity index (χ2n) is 5.02. The maximum absolute atomic E-state index is 12.8. The maximum atomic E-state index is 12.8. The largest absolute Gasteiger partial charge is 0.433 e. The molecule has 0 spiro atoms. The first-order valence-electron chi connectivity index (χ1n) is 6.24. The summed E-state index contributed by atoms with van der Waals surface area (Å²) < 4.78 is 39.5. The van der Waals surface area contributed by atoms with E-state index in [9.17, 15) is 13.2 Å². The molecule has 102 valence electrons. The number of nitrogens with zero attached hydrogens (tertiary/aromatic N) is 3. The molecule has 2 rings (SSSR count). The minimum atomic E-state index is -4.31. The molecule has 1 aromatic rings. The molecule has 0 saturated carbocycles. The fourth-order valence-corrected chi connectivity index (χ4v) is 2.48. The summed E-state index contributed by atoms with van der Waals surface area (Å²) in [5.41, 5.74) is -0.634. The molecule has 1 aliphatic heterocycles. The number of halogens is 3. The third-order valence-electron chi connectivity index (χ3n) is 3.54. The Hall–Kier alpha value is -1.04. The second-order valence-corrected chi connectivity index (χ2v) is 5.02. The summed E-state index contributed by atoms with van der Waals surface area (Å²) in [5.74, 6) is 0. The molecular formula is C12H18F3N3. The van der Waals surface area contributed by atoms with Crippen LogP contribution in [0.1, 0.15) is 38.4 Å². The van der Waals surface area contributed by atoms with Crippen molar-refractivity contribution in [3.05, 3.63) is 18.0 Å². The van der Waals surface area contributed by atoms with E-state index in [2.05, 4.69) is 23.8 Å². The average Bonchev–Trinajstić information content (AvgIpc) is 2.77. The van der Waals surface area contributed by atoms with Gasteiger partial charge in [-0.3, -0.25) is 4.68 Å². The number of likely N-dealkylation sites (tertiary alicyclic amines) is 1. The quantitative estimate of drug-likeness (QED) is 0.816. The summed E-state index contributed by atoms with van der Waals surface area (Å²) in [4.78, 5) is 2.28. The van der Waals surface area contributed by atoms with Gasteiger partial charge in [-0.25, -0.2) is 0 Å². The van der Waals surface area contributed by atoms with E-state index < -0.39 is 11.9 Å². The van der Waals surface area contributed by atoms with Gasteiger partial charge in [0.05, 0.1) is 6.04 Å². The zero-order valence-electron chi connectivity index (χ0n) is 10.6. The Balaban J connectivity index is 2.09. The molecule has 18 heavy (non-hydrogen) atoms. The lowest BCUT2D eigenvalue weighted by Crippen LogP contribution is -2.39. The molecule has 1 fully saturated rings. The number of hydrogen-bond acceptors (Lipinski definition) is 2. The SMILES string of the molecule is CC(C)N1CCC(n2nccc2C(F)(F)F)CC1. The van der Waals surface area contributed by atoms with E-state index in [1.165, 1.54) is 6.20 Å². The molecule has 2 heterocycles. The van der Waals surface area contributed by atoms with Crippen LogP contribution in [0.2, 0.25) is 0 Å². The van der Waals surface area contributed by atoms with E-state index in [0.717, 1.165) is 36.7 Å². The Labute approximate surface area is 105 Å². The molecule has 1 aromatic heterocycles. The molecule has 0 bridgehead atoms. The summed E-state index contributed by atoms with van der Waals surface area (Å²) in [6, 6.07) is 1.37. The summed E-state index contributed by atoms with van der Waals surface area (Å²) in [7, 11) is 0. The minimum absolute atomic E-state index is 0.133. The first kappa shape index (κ1) is 13.4. The molecule has 1 saturated heterocycles. The second kappa shape index (κ2) is 4.91. The van der Waals surface area contributed by atoms with Crippen LogP contribution in [-0.4, -0.2) is 33.8 Å². The number of alkyl halides is 3. The minimum Gasteiger partial charge on any atom is -0.301 e. The van der Waals surface area contributed by atoms with Crippen LogP contribution >= 0.6 is 0 Å². The van der Waals surface area contributed by atoms with Gasteiger partial charge in [0.1, 0.15) is 5.69 Å². The highest BCUT2D eigenvalue weighted by Crippen LogP contribution is 2.33. The molecule has 0 N–H and O–H groups in total.